The molecule has 0 bridgehead atoms. The van der Waals surface area contributed by atoms with E-state index in [0.717, 1.165) is 10.9 Å². The quantitative estimate of drug-likeness (QED) is 0.774. The fourth-order valence-corrected chi connectivity index (χ4v) is 4.27. The highest BCUT2D eigenvalue weighted by molar-refractivity contribution is 7.93. The summed E-state index contributed by atoms with van der Waals surface area (Å²) in [4.78, 5) is 4.45. The van der Waals surface area contributed by atoms with Crippen molar-refractivity contribution in [3.05, 3.63) is 66.4 Å². The highest BCUT2D eigenvalue weighted by Crippen LogP contribution is 2.28. The number of hydrogen-bond acceptors (Lipinski definition) is 4. The van der Waals surface area contributed by atoms with Gasteiger partial charge in [0.2, 0.25) is 0 Å². The Bertz CT molecular complexity index is 956. The number of benzene rings is 2. The van der Waals surface area contributed by atoms with Gasteiger partial charge in [0.25, 0.3) is 10.0 Å². The maximum atomic E-state index is 13.2. The van der Waals surface area contributed by atoms with Crippen molar-refractivity contribution in [1.82, 2.24) is 4.98 Å². The summed E-state index contributed by atoms with van der Waals surface area (Å²) < 4.78 is 27.6. The zero-order valence-corrected chi connectivity index (χ0v) is 14.1. The first-order chi connectivity index (χ1) is 11.5. The van der Waals surface area contributed by atoms with Gasteiger partial charge in [-0.1, -0.05) is 30.3 Å². The van der Waals surface area contributed by atoms with Crippen molar-refractivity contribution >= 4 is 26.6 Å². The molecule has 124 valence electrons. The van der Waals surface area contributed by atoms with E-state index < -0.39 is 10.0 Å². The number of aryl methyl sites for hydroxylation is 1. The minimum Gasteiger partial charge on any atom is -0.394 e. The number of rotatable bonds is 5. The summed E-state index contributed by atoms with van der Waals surface area (Å²) in [7, 11) is -3.84. The molecule has 6 heteroatoms. The molecule has 1 heterocycles. The third kappa shape index (κ3) is 2.98. The summed E-state index contributed by atoms with van der Waals surface area (Å²) >= 11 is 0. The van der Waals surface area contributed by atoms with Crippen LogP contribution in [0.3, 0.4) is 0 Å². The number of pyridine rings is 1. The van der Waals surface area contributed by atoms with Gasteiger partial charge in [0.15, 0.2) is 0 Å². The fraction of sp³-hybridized carbons (Fsp3) is 0.167. The lowest BCUT2D eigenvalue weighted by Crippen LogP contribution is -2.33. The number of para-hydroxylation sites is 2. The Morgan fingerprint density at radius 2 is 1.83 bits per heavy atom. The molecule has 0 radical (unpaired) electrons. The molecule has 0 spiro atoms. The van der Waals surface area contributed by atoms with Crippen LogP contribution in [-0.4, -0.2) is 31.7 Å². The minimum atomic E-state index is -3.84. The van der Waals surface area contributed by atoms with E-state index in [4.69, 9.17) is 0 Å². The molecule has 0 aliphatic carbocycles. The van der Waals surface area contributed by atoms with Crippen molar-refractivity contribution in [3.8, 4) is 0 Å². The monoisotopic (exact) mass is 342 g/mol. The van der Waals surface area contributed by atoms with Crippen molar-refractivity contribution < 1.29 is 13.5 Å². The van der Waals surface area contributed by atoms with Gasteiger partial charge in [0.1, 0.15) is 4.90 Å². The summed E-state index contributed by atoms with van der Waals surface area (Å²) in [6.45, 7) is 1.62. The summed E-state index contributed by atoms with van der Waals surface area (Å²) in [6, 6.07) is 15.8. The van der Waals surface area contributed by atoms with Crippen molar-refractivity contribution in [2.45, 2.75) is 11.8 Å². The molecular formula is C18H18N2O3S. The summed E-state index contributed by atoms with van der Waals surface area (Å²) in [5.74, 6) is 0. The van der Waals surface area contributed by atoms with E-state index in [1.54, 1.807) is 42.6 Å². The lowest BCUT2D eigenvalue weighted by atomic mass is 10.2. The van der Waals surface area contributed by atoms with Crippen LogP contribution in [0.4, 0.5) is 5.69 Å². The number of aromatic nitrogens is 1. The molecule has 0 aliphatic heterocycles. The highest BCUT2D eigenvalue weighted by Gasteiger charge is 2.26. The first-order valence-electron chi connectivity index (χ1n) is 7.58. The average molecular weight is 342 g/mol. The third-order valence-corrected chi connectivity index (χ3v) is 5.58. The highest BCUT2D eigenvalue weighted by atomic mass is 32.2. The molecular weight excluding hydrogens is 324 g/mol. The van der Waals surface area contributed by atoms with E-state index in [0.29, 0.717) is 11.2 Å². The van der Waals surface area contributed by atoms with Crippen LogP contribution in [0.25, 0.3) is 10.9 Å². The van der Waals surface area contributed by atoms with Crippen molar-refractivity contribution in [2.24, 2.45) is 0 Å². The Balaban J connectivity index is 2.19. The van der Waals surface area contributed by atoms with Gasteiger partial charge in [-0.05, 0) is 36.8 Å². The Morgan fingerprint density at radius 1 is 1.08 bits per heavy atom. The van der Waals surface area contributed by atoms with Crippen LogP contribution in [0.15, 0.2) is 65.7 Å². The van der Waals surface area contributed by atoms with Gasteiger partial charge in [-0.3, -0.25) is 9.29 Å². The Hall–Kier alpha value is -2.44. The van der Waals surface area contributed by atoms with Gasteiger partial charge in [0.05, 0.1) is 24.4 Å². The maximum Gasteiger partial charge on any atom is 0.266 e. The van der Waals surface area contributed by atoms with Gasteiger partial charge >= 0.3 is 0 Å². The first-order valence-corrected chi connectivity index (χ1v) is 9.02. The second kappa shape index (κ2) is 6.59. The molecule has 5 nitrogen and oxygen atoms in total. The average Bonchev–Trinajstić information content (AvgIpc) is 2.59. The minimum absolute atomic E-state index is 0.0193. The van der Waals surface area contributed by atoms with Gasteiger partial charge in [-0.25, -0.2) is 8.42 Å². The van der Waals surface area contributed by atoms with Crippen LogP contribution in [0.5, 0.6) is 0 Å². The second-order valence-electron chi connectivity index (χ2n) is 5.48. The summed E-state index contributed by atoms with van der Waals surface area (Å²) in [5.41, 5.74) is 1.91. The number of nitrogens with zero attached hydrogens (tertiary/aromatic N) is 2. The zero-order valence-electron chi connectivity index (χ0n) is 13.3. The number of aliphatic hydroxyl groups excluding tert-OH is 1. The third-order valence-electron chi connectivity index (χ3n) is 3.73. The predicted octanol–water partition coefficient (Wildman–Crippen LogP) is 2.73. The van der Waals surface area contributed by atoms with Crippen LogP contribution < -0.4 is 4.31 Å². The normalized spacial score (nSPS) is 11.6. The summed E-state index contributed by atoms with van der Waals surface area (Å²) in [6.07, 6.45) is 1.65. The van der Waals surface area contributed by atoms with Gasteiger partial charge < -0.3 is 5.11 Å². The number of aliphatic hydroxyl groups is 1. The lowest BCUT2D eigenvalue weighted by molar-refractivity contribution is 0.306. The molecule has 24 heavy (non-hydrogen) atoms. The Morgan fingerprint density at radius 3 is 2.54 bits per heavy atom. The van der Waals surface area contributed by atoms with E-state index >= 15 is 0 Å². The summed E-state index contributed by atoms with van der Waals surface area (Å²) in [5, 5.41) is 10.1. The van der Waals surface area contributed by atoms with E-state index in [9.17, 15) is 13.5 Å². The van der Waals surface area contributed by atoms with Crippen molar-refractivity contribution in [3.63, 3.8) is 0 Å². The number of sulfonamides is 1. The SMILES string of the molecule is Cc1cnc2c(S(=O)(=O)N(CCO)c3ccccc3)cccc2c1. The smallest absolute Gasteiger partial charge is 0.266 e. The zero-order chi connectivity index (χ0) is 17.2. The largest absolute Gasteiger partial charge is 0.394 e. The van der Waals surface area contributed by atoms with E-state index in [-0.39, 0.29) is 18.0 Å². The molecule has 0 saturated heterocycles. The first kappa shape index (κ1) is 16.4. The fourth-order valence-electron chi connectivity index (χ4n) is 2.64. The maximum absolute atomic E-state index is 13.2. The van der Waals surface area contributed by atoms with E-state index in [1.807, 2.05) is 25.1 Å². The molecule has 0 fully saturated rings. The topological polar surface area (TPSA) is 70.5 Å². The van der Waals surface area contributed by atoms with Crippen LogP contribution in [0.1, 0.15) is 5.56 Å². The van der Waals surface area contributed by atoms with Crippen LogP contribution in [-0.2, 0) is 10.0 Å². The molecule has 0 saturated carbocycles. The number of anilines is 1. The van der Waals surface area contributed by atoms with Crippen LogP contribution in [0, 0.1) is 6.92 Å². The van der Waals surface area contributed by atoms with Gasteiger partial charge in [0, 0.05) is 11.6 Å². The molecule has 1 aromatic heterocycles. The van der Waals surface area contributed by atoms with Crippen molar-refractivity contribution in [1.29, 1.82) is 0 Å². The molecule has 3 aromatic rings. The predicted molar refractivity (Wildman–Crippen MR) is 94.5 cm³/mol. The molecule has 0 unspecified atom stereocenters. The molecule has 0 aliphatic rings. The Labute approximate surface area is 141 Å². The molecule has 3 rings (SSSR count). The standard InChI is InChI=1S/C18H18N2O3S/c1-14-12-15-6-5-9-17(18(15)19-13-14)24(22,23)20(10-11-21)16-7-3-2-4-8-16/h2-9,12-13,21H,10-11H2,1H3. The molecule has 0 atom stereocenters. The lowest BCUT2D eigenvalue weighted by Gasteiger charge is -2.24. The van der Waals surface area contributed by atoms with Crippen molar-refractivity contribution in [2.75, 3.05) is 17.5 Å². The van der Waals surface area contributed by atoms with Crippen LogP contribution >= 0.6 is 0 Å². The molecule has 0 amide bonds. The number of hydrogen-bond donors (Lipinski definition) is 1. The van der Waals surface area contributed by atoms with Gasteiger partial charge in [-0.2, -0.15) is 0 Å². The van der Waals surface area contributed by atoms with E-state index in [1.165, 1.54) is 4.31 Å². The van der Waals surface area contributed by atoms with E-state index in [2.05, 4.69) is 4.98 Å². The molecule has 2 aromatic carbocycles. The molecule has 1 N–H and O–H groups in total. The van der Waals surface area contributed by atoms with Crippen LogP contribution in [0.2, 0.25) is 0 Å². The van der Waals surface area contributed by atoms with Gasteiger partial charge in [-0.15, -0.1) is 0 Å². The number of fused-ring (bicyclic) bond motifs is 1. The second-order valence-corrected chi connectivity index (χ2v) is 7.31. The Kier molecular flexibility index (Phi) is 4.51.